The molecule has 0 atom stereocenters. The zero-order valence-electron chi connectivity index (χ0n) is 15.3. The Balaban J connectivity index is 1.61. The van der Waals surface area contributed by atoms with Crippen molar-refractivity contribution in [3.05, 3.63) is 0 Å². The summed E-state index contributed by atoms with van der Waals surface area (Å²) in [5.41, 5.74) is 0. The fourth-order valence-corrected chi connectivity index (χ4v) is 3.53. The highest BCUT2D eigenvalue weighted by molar-refractivity contribution is 5.95. The third-order valence-corrected chi connectivity index (χ3v) is 5.04. The first-order valence-corrected chi connectivity index (χ1v) is 9.37. The molecular formula is C17H27F3N4O3. The van der Waals surface area contributed by atoms with Gasteiger partial charge in [-0.1, -0.05) is 25.7 Å². The van der Waals surface area contributed by atoms with Crippen molar-refractivity contribution in [2.75, 3.05) is 39.3 Å². The highest BCUT2D eigenvalue weighted by Crippen LogP contribution is 2.28. The number of amides is 4. The van der Waals surface area contributed by atoms with Gasteiger partial charge in [-0.2, -0.15) is 13.2 Å². The Labute approximate surface area is 156 Å². The summed E-state index contributed by atoms with van der Waals surface area (Å²) in [6.45, 7) is 0.422. The van der Waals surface area contributed by atoms with Crippen LogP contribution in [0.15, 0.2) is 0 Å². The topological polar surface area (TPSA) is 81.8 Å². The summed E-state index contributed by atoms with van der Waals surface area (Å²) in [5, 5.41) is 3.46. The number of urea groups is 1. The predicted octanol–water partition coefficient (Wildman–Crippen LogP) is 1.49. The van der Waals surface area contributed by atoms with E-state index in [2.05, 4.69) is 0 Å². The highest BCUT2D eigenvalue weighted by atomic mass is 19.4. The second-order valence-corrected chi connectivity index (χ2v) is 7.19. The van der Waals surface area contributed by atoms with Crippen molar-refractivity contribution in [1.82, 2.24) is 20.4 Å². The molecule has 1 saturated heterocycles. The van der Waals surface area contributed by atoms with Crippen LogP contribution in [-0.4, -0.2) is 73.1 Å². The summed E-state index contributed by atoms with van der Waals surface area (Å²) in [7, 11) is 0. The van der Waals surface area contributed by atoms with Crippen molar-refractivity contribution in [3.8, 4) is 0 Å². The van der Waals surface area contributed by atoms with Crippen molar-refractivity contribution in [2.45, 2.75) is 44.7 Å². The van der Waals surface area contributed by atoms with Crippen LogP contribution in [-0.2, 0) is 9.59 Å². The molecule has 10 heteroatoms. The summed E-state index contributed by atoms with van der Waals surface area (Å²) in [6, 6.07) is -1.17. The first-order chi connectivity index (χ1) is 12.7. The molecule has 0 bridgehead atoms. The van der Waals surface area contributed by atoms with Gasteiger partial charge in [-0.05, 0) is 12.3 Å². The summed E-state index contributed by atoms with van der Waals surface area (Å²) in [5.74, 6) is 0.135. The van der Waals surface area contributed by atoms with E-state index < -0.39 is 24.7 Å². The maximum atomic E-state index is 12.3. The number of hydrogen-bond donors (Lipinski definition) is 2. The minimum atomic E-state index is -4.53. The van der Waals surface area contributed by atoms with Gasteiger partial charge in [-0.25, -0.2) is 4.79 Å². The van der Waals surface area contributed by atoms with Gasteiger partial charge in [0.15, 0.2) is 0 Å². The molecular weight excluding hydrogens is 365 g/mol. The number of alkyl halides is 3. The van der Waals surface area contributed by atoms with Gasteiger partial charge in [0.1, 0.15) is 6.54 Å². The normalized spacial score (nSPS) is 19.1. The summed E-state index contributed by atoms with van der Waals surface area (Å²) >= 11 is 0. The number of hydrogen-bond acceptors (Lipinski definition) is 4. The molecule has 2 N–H and O–H groups in total. The molecule has 2 rings (SSSR count). The van der Waals surface area contributed by atoms with Gasteiger partial charge in [0.25, 0.3) is 0 Å². The summed E-state index contributed by atoms with van der Waals surface area (Å²) in [6.07, 6.45) is 1.92. The molecule has 1 aliphatic carbocycles. The third-order valence-electron chi connectivity index (χ3n) is 5.04. The van der Waals surface area contributed by atoms with Crippen molar-refractivity contribution in [3.63, 3.8) is 0 Å². The fourth-order valence-electron chi connectivity index (χ4n) is 3.53. The number of halogens is 3. The number of imide groups is 1. The Morgan fingerprint density at radius 2 is 1.63 bits per heavy atom. The second kappa shape index (κ2) is 9.91. The molecule has 0 aromatic rings. The van der Waals surface area contributed by atoms with Crippen molar-refractivity contribution >= 4 is 17.8 Å². The molecule has 0 aromatic heterocycles. The van der Waals surface area contributed by atoms with E-state index in [0.29, 0.717) is 38.5 Å². The molecule has 27 heavy (non-hydrogen) atoms. The zero-order valence-corrected chi connectivity index (χ0v) is 15.3. The van der Waals surface area contributed by atoms with E-state index in [1.54, 1.807) is 15.1 Å². The van der Waals surface area contributed by atoms with Gasteiger partial charge in [-0.15, -0.1) is 0 Å². The molecule has 0 radical (unpaired) electrons. The smallest absolute Gasteiger partial charge is 0.340 e. The lowest BCUT2D eigenvalue weighted by Crippen LogP contribution is -2.52. The maximum Gasteiger partial charge on any atom is 0.405 e. The van der Waals surface area contributed by atoms with Gasteiger partial charge in [0, 0.05) is 32.6 Å². The SMILES string of the molecule is O=C(CN1CCN(C(=O)CCC2CCCC2)CC1)NC(=O)NCC(F)(F)F. The monoisotopic (exact) mass is 392 g/mol. The number of nitrogens with one attached hydrogen (secondary N) is 2. The minimum absolute atomic E-state index is 0.0937. The summed E-state index contributed by atoms with van der Waals surface area (Å²) < 4.78 is 36.0. The van der Waals surface area contributed by atoms with E-state index in [-0.39, 0.29) is 12.5 Å². The van der Waals surface area contributed by atoms with Crippen LogP contribution in [0.4, 0.5) is 18.0 Å². The molecule has 1 heterocycles. The van der Waals surface area contributed by atoms with Crippen LogP contribution in [0.25, 0.3) is 0 Å². The maximum absolute atomic E-state index is 12.3. The molecule has 1 saturated carbocycles. The highest BCUT2D eigenvalue weighted by Gasteiger charge is 2.28. The quantitative estimate of drug-likeness (QED) is 0.718. The number of carbonyl (C=O) groups excluding carboxylic acids is 3. The van der Waals surface area contributed by atoms with Crippen molar-refractivity contribution in [2.24, 2.45) is 5.92 Å². The lowest BCUT2D eigenvalue weighted by Gasteiger charge is -2.34. The molecule has 0 unspecified atom stereocenters. The van der Waals surface area contributed by atoms with E-state index >= 15 is 0 Å². The van der Waals surface area contributed by atoms with Gasteiger partial charge >= 0.3 is 12.2 Å². The molecule has 0 spiro atoms. The molecule has 154 valence electrons. The first-order valence-electron chi connectivity index (χ1n) is 9.37. The van der Waals surface area contributed by atoms with E-state index in [1.807, 2.05) is 5.32 Å². The zero-order chi connectivity index (χ0) is 19.9. The van der Waals surface area contributed by atoms with Crippen LogP contribution >= 0.6 is 0 Å². The first kappa shape index (κ1) is 21.5. The van der Waals surface area contributed by atoms with E-state index in [1.165, 1.54) is 25.7 Å². The fraction of sp³-hybridized carbons (Fsp3) is 0.824. The van der Waals surface area contributed by atoms with Crippen molar-refractivity contribution in [1.29, 1.82) is 0 Å². The Morgan fingerprint density at radius 3 is 2.22 bits per heavy atom. The molecule has 2 aliphatic rings. The van der Waals surface area contributed by atoms with Crippen LogP contribution in [0.1, 0.15) is 38.5 Å². The summed E-state index contributed by atoms with van der Waals surface area (Å²) in [4.78, 5) is 38.8. The van der Waals surface area contributed by atoms with Gasteiger partial charge in [0.2, 0.25) is 11.8 Å². The standard InChI is InChI=1S/C17H27F3N4O3/c18-17(19,20)12-21-16(27)22-14(25)11-23-7-9-24(10-8-23)15(26)6-5-13-3-1-2-4-13/h13H,1-12H2,(H2,21,22,25,27). The van der Waals surface area contributed by atoms with Gasteiger partial charge in [-0.3, -0.25) is 19.8 Å². The van der Waals surface area contributed by atoms with Crippen LogP contribution in [0.5, 0.6) is 0 Å². The number of carbonyl (C=O) groups is 3. The predicted molar refractivity (Wildman–Crippen MR) is 91.8 cm³/mol. The molecule has 4 amide bonds. The Morgan fingerprint density at radius 1 is 1.00 bits per heavy atom. The minimum Gasteiger partial charge on any atom is -0.340 e. The van der Waals surface area contributed by atoms with E-state index in [0.717, 1.165) is 6.42 Å². The molecule has 7 nitrogen and oxygen atoms in total. The molecule has 2 fully saturated rings. The Kier molecular flexibility index (Phi) is 7.88. The lowest BCUT2D eigenvalue weighted by atomic mass is 10.0. The Hall–Kier alpha value is -1.84. The van der Waals surface area contributed by atoms with Crippen LogP contribution < -0.4 is 10.6 Å². The van der Waals surface area contributed by atoms with E-state index in [9.17, 15) is 27.6 Å². The molecule has 0 aromatic carbocycles. The number of nitrogens with zero attached hydrogens (tertiary/aromatic N) is 2. The van der Waals surface area contributed by atoms with Crippen LogP contribution in [0, 0.1) is 5.92 Å². The Bertz CT molecular complexity index is 528. The van der Waals surface area contributed by atoms with Crippen molar-refractivity contribution < 1.29 is 27.6 Å². The van der Waals surface area contributed by atoms with Crippen LogP contribution in [0.2, 0.25) is 0 Å². The average molecular weight is 392 g/mol. The number of piperazine rings is 1. The van der Waals surface area contributed by atoms with Gasteiger partial charge < -0.3 is 10.2 Å². The second-order valence-electron chi connectivity index (χ2n) is 7.19. The van der Waals surface area contributed by atoms with Gasteiger partial charge in [0.05, 0.1) is 6.54 Å². The number of rotatable bonds is 6. The van der Waals surface area contributed by atoms with Crippen LogP contribution in [0.3, 0.4) is 0 Å². The third kappa shape index (κ3) is 8.15. The average Bonchev–Trinajstić information content (AvgIpc) is 3.11. The molecule has 1 aliphatic heterocycles. The largest absolute Gasteiger partial charge is 0.405 e. The lowest BCUT2D eigenvalue weighted by molar-refractivity contribution is -0.133. The van der Waals surface area contributed by atoms with E-state index in [4.69, 9.17) is 0 Å².